The van der Waals surface area contributed by atoms with Crippen molar-refractivity contribution in [2.24, 2.45) is 0 Å². The molecule has 0 fully saturated rings. The Labute approximate surface area is 153 Å². The fourth-order valence-electron chi connectivity index (χ4n) is 2.15. The van der Waals surface area contributed by atoms with Crippen molar-refractivity contribution in [2.45, 2.75) is 12.6 Å². The van der Waals surface area contributed by atoms with Gasteiger partial charge in [-0.25, -0.2) is 4.79 Å². The number of ether oxygens (including phenoxy) is 1. The highest BCUT2D eigenvalue weighted by molar-refractivity contribution is 7.09. The van der Waals surface area contributed by atoms with Crippen molar-refractivity contribution in [1.82, 2.24) is 5.32 Å². The molecular weight excluding hydrogens is 362 g/mol. The Morgan fingerprint density at radius 3 is 2.60 bits per heavy atom. The molecule has 0 aliphatic heterocycles. The van der Waals surface area contributed by atoms with Crippen LogP contribution in [0, 0.1) is 0 Å². The number of benzene rings is 1. The largest absolute Gasteiger partial charge is 0.457 e. The van der Waals surface area contributed by atoms with Gasteiger partial charge in [-0.2, -0.15) is 0 Å². The molecule has 25 heavy (non-hydrogen) atoms. The van der Waals surface area contributed by atoms with Gasteiger partial charge in [0.15, 0.2) is 0 Å². The maximum atomic E-state index is 12.6. The number of esters is 1. The Morgan fingerprint density at radius 2 is 1.96 bits per heavy atom. The zero-order valence-corrected chi connectivity index (χ0v) is 14.5. The van der Waals surface area contributed by atoms with Gasteiger partial charge in [0, 0.05) is 15.5 Å². The molecule has 7 heteroatoms. The second kappa shape index (κ2) is 8.00. The van der Waals surface area contributed by atoms with E-state index in [-0.39, 0.29) is 5.76 Å². The molecule has 128 valence electrons. The quantitative estimate of drug-likeness (QED) is 0.655. The predicted molar refractivity (Wildman–Crippen MR) is 94.5 cm³/mol. The maximum Gasteiger partial charge on any atom is 0.375 e. The lowest BCUT2D eigenvalue weighted by Crippen LogP contribution is -2.31. The molecule has 0 bridgehead atoms. The number of halogens is 1. The molecule has 1 aromatic carbocycles. The van der Waals surface area contributed by atoms with E-state index in [0.29, 0.717) is 17.1 Å². The molecule has 0 saturated carbocycles. The van der Waals surface area contributed by atoms with Gasteiger partial charge in [0.05, 0.1) is 12.8 Å². The molecule has 0 aliphatic carbocycles. The van der Waals surface area contributed by atoms with Gasteiger partial charge >= 0.3 is 5.97 Å². The molecule has 0 aliphatic rings. The zero-order valence-electron chi connectivity index (χ0n) is 13.0. The summed E-state index contributed by atoms with van der Waals surface area (Å²) in [6.45, 7) is 0.360. The summed E-state index contributed by atoms with van der Waals surface area (Å²) in [6.07, 6.45) is 0.264. The van der Waals surface area contributed by atoms with Crippen molar-refractivity contribution in [3.63, 3.8) is 0 Å². The maximum absolute atomic E-state index is 12.6. The van der Waals surface area contributed by atoms with E-state index in [1.807, 2.05) is 17.5 Å². The number of nitrogens with one attached hydrogen (secondary N) is 1. The molecular formula is C18H14ClNO4S. The fraction of sp³-hybridized carbons (Fsp3) is 0.111. The highest BCUT2D eigenvalue weighted by Crippen LogP contribution is 2.22. The van der Waals surface area contributed by atoms with Crippen LogP contribution in [-0.2, 0) is 16.1 Å². The number of rotatable bonds is 6. The van der Waals surface area contributed by atoms with Crippen LogP contribution in [-0.4, -0.2) is 11.9 Å². The SMILES string of the molecule is O=C(O[C@@H](C(=O)NCc1cccs1)c1ccc(Cl)cc1)c1ccco1. The third-order valence-electron chi connectivity index (χ3n) is 3.38. The Morgan fingerprint density at radius 1 is 1.16 bits per heavy atom. The average Bonchev–Trinajstić information content (AvgIpc) is 3.31. The monoisotopic (exact) mass is 375 g/mol. The summed E-state index contributed by atoms with van der Waals surface area (Å²) in [5, 5.41) is 5.23. The van der Waals surface area contributed by atoms with Crippen molar-refractivity contribution in [3.05, 3.63) is 81.4 Å². The topological polar surface area (TPSA) is 68.5 Å². The standard InChI is InChI=1S/C18H14ClNO4S/c19-13-7-5-12(6-8-13)16(24-18(22)15-4-1-9-23-15)17(21)20-11-14-3-2-10-25-14/h1-10,16H,11H2,(H,20,21)/t16-/m1/s1. The number of hydrogen-bond acceptors (Lipinski definition) is 5. The number of amides is 1. The van der Waals surface area contributed by atoms with E-state index in [2.05, 4.69) is 5.32 Å². The average molecular weight is 376 g/mol. The summed E-state index contributed by atoms with van der Waals surface area (Å²) in [7, 11) is 0. The van der Waals surface area contributed by atoms with Crippen LogP contribution in [0.4, 0.5) is 0 Å². The minimum atomic E-state index is -1.10. The summed E-state index contributed by atoms with van der Waals surface area (Å²) >= 11 is 7.42. The molecule has 2 aromatic heterocycles. The minimum absolute atomic E-state index is 0.0324. The summed E-state index contributed by atoms with van der Waals surface area (Å²) in [5.74, 6) is -1.10. The molecule has 5 nitrogen and oxygen atoms in total. The van der Waals surface area contributed by atoms with E-state index in [9.17, 15) is 9.59 Å². The lowest BCUT2D eigenvalue weighted by Gasteiger charge is -2.17. The van der Waals surface area contributed by atoms with Crippen LogP contribution in [0.1, 0.15) is 27.1 Å². The molecule has 0 saturated heterocycles. The fourth-order valence-corrected chi connectivity index (χ4v) is 2.92. The summed E-state index contributed by atoms with van der Waals surface area (Å²) in [5.41, 5.74) is 0.521. The Balaban J connectivity index is 1.76. The molecule has 1 N–H and O–H groups in total. The highest BCUT2D eigenvalue weighted by atomic mass is 35.5. The third-order valence-corrected chi connectivity index (χ3v) is 4.50. The van der Waals surface area contributed by atoms with Crippen LogP contribution in [0.15, 0.2) is 64.6 Å². The number of thiophene rings is 1. The molecule has 2 heterocycles. The van der Waals surface area contributed by atoms with Gasteiger partial charge in [-0.1, -0.05) is 29.8 Å². The summed E-state index contributed by atoms with van der Waals surface area (Å²) < 4.78 is 10.4. The first kappa shape index (κ1) is 17.3. The Kier molecular flexibility index (Phi) is 5.53. The normalized spacial score (nSPS) is 11.7. The Hall–Kier alpha value is -2.57. The zero-order chi connectivity index (χ0) is 17.6. The number of carbonyl (C=O) groups excluding carboxylic acids is 2. The van der Waals surface area contributed by atoms with E-state index >= 15 is 0 Å². The van der Waals surface area contributed by atoms with Gasteiger partial charge in [0.2, 0.25) is 11.9 Å². The van der Waals surface area contributed by atoms with E-state index < -0.39 is 18.0 Å². The second-order valence-electron chi connectivity index (χ2n) is 5.11. The molecule has 0 spiro atoms. The number of carbonyl (C=O) groups is 2. The van der Waals surface area contributed by atoms with Crippen LogP contribution in [0.3, 0.4) is 0 Å². The number of hydrogen-bond donors (Lipinski definition) is 1. The highest BCUT2D eigenvalue weighted by Gasteiger charge is 2.26. The minimum Gasteiger partial charge on any atom is -0.457 e. The number of furan rings is 1. The first-order valence-electron chi connectivity index (χ1n) is 7.43. The molecule has 3 rings (SSSR count). The van der Waals surface area contributed by atoms with E-state index in [4.69, 9.17) is 20.8 Å². The van der Waals surface area contributed by atoms with Crippen molar-refractivity contribution in [3.8, 4) is 0 Å². The van der Waals surface area contributed by atoms with Crippen molar-refractivity contribution in [1.29, 1.82) is 0 Å². The lowest BCUT2D eigenvalue weighted by molar-refractivity contribution is -0.130. The molecule has 1 atom stereocenters. The molecule has 3 aromatic rings. The third kappa shape index (κ3) is 4.49. The summed E-state index contributed by atoms with van der Waals surface area (Å²) in [6, 6.07) is 13.4. The van der Waals surface area contributed by atoms with E-state index in [0.717, 1.165) is 4.88 Å². The summed E-state index contributed by atoms with van der Waals surface area (Å²) in [4.78, 5) is 25.8. The van der Waals surface area contributed by atoms with Crippen molar-refractivity contribution < 1.29 is 18.7 Å². The Bertz CT molecular complexity index is 829. The first-order chi connectivity index (χ1) is 12.1. The van der Waals surface area contributed by atoms with E-state index in [1.165, 1.54) is 23.7 Å². The molecule has 1 amide bonds. The predicted octanol–water partition coefficient (Wildman–Crippen LogP) is 4.21. The second-order valence-corrected chi connectivity index (χ2v) is 6.58. The van der Waals surface area contributed by atoms with Crippen LogP contribution in [0.2, 0.25) is 5.02 Å². The first-order valence-corrected chi connectivity index (χ1v) is 8.69. The van der Waals surface area contributed by atoms with E-state index in [1.54, 1.807) is 30.3 Å². The van der Waals surface area contributed by atoms with Crippen molar-refractivity contribution in [2.75, 3.05) is 0 Å². The van der Waals surface area contributed by atoms with Crippen LogP contribution in [0.5, 0.6) is 0 Å². The van der Waals surface area contributed by atoms with Crippen LogP contribution >= 0.6 is 22.9 Å². The van der Waals surface area contributed by atoms with Crippen molar-refractivity contribution >= 4 is 34.8 Å². The molecule has 0 radical (unpaired) electrons. The lowest BCUT2D eigenvalue weighted by atomic mass is 10.1. The van der Waals surface area contributed by atoms with Gasteiger partial charge in [0.1, 0.15) is 0 Å². The van der Waals surface area contributed by atoms with Crippen LogP contribution in [0.25, 0.3) is 0 Å². The van der Waals surface area contributed by atoms with Crippen LogP contribution < -0.4 is 5.32 Å². The van der Waals surface area contributed by atoms with Gasteiger partial charge in [0.25, 0.3) is 5.91 Å². The smallest absolute Gasteiger partial charge is 0.375 e. The van der Waals surface area contributed by atoms with Gasteiger partial charge < -0.3 is 14.5 Å². The van der Waals surface area contributed by atoms with Gasteiger partial charge in [-0.3, -0.25) is 4.79 Å². The van der Waals surface area contributed by atoms with Gasteiger partial charge in [-0.05, 0) is 35.7 Å². The molecule has 0 unspecified atom stereocenters. The van der Waals surface area contributed by atoms with Gasteiger partial charge in [-0.15, -0.1) is 11.3 Å².